The SMILES string of the molecule is CCCOCCOCCNCCCNCCCSCCC(=O)O. The molecule has 0 atom stereocenters. The van der Waals surface area contributed by atoms with Crippen LogP contribution in [0.4, 0.5) is 0 Å². The summed E-state index contributed by atoms with van der Waals surface area (Å²) >= 11 is 1.71. The van der Waals surface area contributed by atoms with E-state index in [9.17, 15) is 4.79 Å². The van der Waals surface area contributed by atoms with Gasteiger partial charge in [0.2, 0.25) is 0 Å². The molecule has 0 heterocycles. The fourth-order valence-electron chi connectivity index (χ4n) is 1.76. The van der Waals surface area contributed by atoms with Crippen LogP contribution >= 0.6 is 11.8 Å². The van der Waals surface area contributed by atoms with Gasteiger partial charge < -0.3 is 25.2 Å². The molecule has 0 aromatic rings. The van der Waals surface area contributed by atoms with Gasteiger partial charge in [0, 0.05) is 18.9 Å². The number of nitrogens with one attached hydrogen (secondary N) is 2. The van der Waals surface area contributed by atoms with Crippen molar-refractivity contribution in [2.24, 2.45) is 0 Å². The molecule has 0 aliphatic heterocycles. The predicted octanol–water partition coefficient (Wildman–Crippen LogP) is 1.60. The number of rotatable bonds is 19. The van der Waals surface area contributed by atoms with Crippen LogP contribution in [0, 0.1) is 0 Å². The molecule has 7 heteroatoms. The number of aliphatic carboxylic acids is 1. The standard InChI is InChI=1S/C16H34N2O4S/c1-2-10-21-12-13-22-11-9-18-7-3-6-17-8-4-14-23-15-5-16(19)20/h17-18H,2-15H2,1H3,(H,19,20). The van der Waals surface area contributed by atoms with Gasteiger partial charge >= 0.3 is 5.97 Å². The number of hydrogen-bond acceptors (Lipinski definition) is 6. The molecule has 0 saturated carbocycles. The Labute approximate surface area is 145 Å². The molecule has 138 valence electrons. The molecule has 0 bridgehead atoms. The molecule has 6 nitrogen and oxygen atoms in total. The van der Waals surface area contributed by atoms with Crippen LogP contribution < -0.4 is 10.6 Å². The highest BCUT2D eigenvalue weighted by Gasteiger charge is 1.96. The molecule has 0 aromatic heterocycles. The van der Waals surface area contributed by atoms with Crippen LogP contribution in [0.5, 0.6) is 0 Å². The Morgan fingerprint density at radius 1 is 0.913 bits per heavy atom. The number of hydrogen-bond donors (Lipinski definition) is 3. The monoisotopic (exact) mass is 350 g/mol. The second-order valence-electron chi connectivity index (χ2n) is 5.19. The number of ether oxygens (including phenoxy) is 2. The van der Waals surface area contributed by atoms with E-state index in [4.69, 9.17) is 14.6 Å². The van der Waals surface area contributed by atoms with E-state index in [0.29, 0.717) is 19.0 Å². The molecule has 0 rings (SSSR count). The second-order valence-corrected chi connectivity index (χ2v) is 6.41. The van der Waals surface area contributed by atoms with Crippen molar-refractivity contribution in [2.45, 2.75) is 32.6 Å². The first-order chi connectivity index (χ1) is 11.3. The van der Waals surface area contributed by atoms with Gasteiger partial charge in [-0.25, -0.2) is 0 Å². The molecule has 0 saturated heterocycles. The van der Waals surface area contributed by atoms with Crippen molar-refractivity contribution in [3.05, 3.63) is 0 Å². The summed E-state index contributed by atoms with van der Waals surface area (Å²) in [6.07, 6.45) is 3.51. The van der Waals surface area contributed by atoms with Crippen LogP contribution in [0.25, 0.3) is 0 Å². The average Bonchev–Trinajstić information content (AvgIpc) is 2.53. The zero-order chi connectivity index (χ0) is 17.0. The number of carbonyl (C=O) groups is 1. The average molecular weight is 351 g/mol. The first kappa shape index (κ1) is 22.7. The number of thioether (sulfide) groups is 1. The molecule has 3 N–H and O–H groups in total. The van der Waals surface area contributed by atoms with Gasteiger partial charge in [-0.1, -0.05) is 6.92 Å². The lowest BCUT2D eigenvalue weighted by Gasteiger charge is -2.07. The fraction of sp³-hybridized carbons (Fsp3) is 0.938. The molecule has 0 spiro atoms. The fourth-order valence-corrected chi connectivity index (χ4v) is 2.63. The topological polar surface area (TPSA) is 79.8 Å². The maximum Gasteiger partial charge on any atom is 0.304 e. The van der Waals surface area contributed by atoms with Crippen LogP contribution in [0.15, 0.2) is 0 Å². The Kier molecular flexibility index (Phi) is 19.4. The third kappa shape index (κ3) is 21.7. The molecule has 0 unspecified atom stereocenters. The summed E-state index contributed by atoms with van der Waals surface area (Å²) in [6, 6.07) is 0. The first-order valence-electron chi connectivity index (χ1n) is 8.63. The lowest BCUT2D eigenvalue weighted by Crippen LogP contribution is -2.25. The summed E-state index contributed by atoms with van der Waals surface area (Å²) in [7, 11) is 0. The van der Waals surface area contributed by atoms with Gasteiger partial charge in [-0.3, -0.25) is 4.79 Å². The van der Waals surface area contributed by atoms with E-state index < -0.39 is 5.97 Å². The van der Waals surface area contributed by atoms with E-state index >= 15 is 0 Å². The molecule has 0 fully saturated rings. The van der Waals surface area contributed by atoms with Crippen LogP contribution in [0.3, 0.4) is 0 Å². The summed E-state index contributed by atoms with van der Waals surface area (Å²) in [5.74, 6) is 1.03. The minimum absolute atomic E-state index is 0.263. The number of carboxylic acids is 1. The molecule has 0 amide bonds. The third-order valence-electron chi connectivity index (χ3n) is 2.95. The highest BCUT2D eigenvalue weighted by molar-refractivity contribution is 7.99. The Morgan fingerprint density at radius 3 is 2.26 bits per heavy atom. The normalized spacial score (nSPS) is 11.0. The lowest BCUT2D eigenvalue weighted by molar-refractivity contribution is -0.136. The number of carboxylic acid groups (broad SMARTS) is 1. The zero-order valence-electron chi connectivity index (χ0n) is 14.5. The van der Waals surface area contributed by atoms with E-state index in [1.165, 1.54) is 0 Å². The highest BCUT2D eigenvalue weighted by atomic mass is 32.2. The summed E-state index contributed by atoms with van der Waals surface area (Å²) in [5, 5.41) is 15.3. The first-order valence-corrected chi connectivity index (χ1v) is 9.79. The quantitative estimate of drug-likeness (QED) is 0.305. The summed E-state index contributed by atoms with van der Waals surface area (Å²) in [6.45, 7) is 8.90. The molecule has 0 radical (unpaired) electrons. The van der Waals surface area contributed by atoms with E-state index in [0.717, 1.165) is 64.4 Å². The van der Waals surface area contributed by atoms with Gasteiger partial charge in [0.1, 0.15) is 0 Å². The Morgan fingerprint density at radius 2 is 1.57 bits per heavy atom. The van der Waals surface area contributed by atoms with Crippen molar-refractivity contribution in [3.63, 3.8) is 0 Å². The van der Waals surface area contributed by atoms with Gasteiger partial charge in [0.15, 0.2) is 0 Å². The minimum Gasteiger partial charge on any atom is -0.481 e. The van der Waals surface area contributed by atoms with Crippen LogP contribution in [0.2, 0.25) is 0 Å². The lowest BCUT2D eigenvalue weighted by atomic mass is 10.4. The van der Waals surface area contributed by atoms with E-state index in [1.54, 1.807) is 11.8 Å². The van der Waals surface area contributed by atoms with Crippen molar-refractivity contribution in [2.75, 3.05) is 64.1 Å². The van der Waals surface area contributed by atoms with E-state index in [2.05, 4.69) is 17.6 Å². The molecule has 0 aromatic carbocycles. The van der Waals surface area contributed by atoms with Gasteiger partial charge in [-0.15, -0.1) is 0 Å². The van der Waals surface area contributed by atoms with Crippen LogP contribution in [-0.4, -0.2) is 75.2 Å². The Balaban J connectivity index is 2.96. The maximum absolute atomic E-state index is 10.3. The molecule has 23 heavy (non-hydrogen) atoms. The van der Waals surface area contributed by atoms with Crippen molar-refractivity contribution in [3.8, 4) is 0 Å². The van der Waals surface area contributed by atoms with E-state index in [1.807, 2.05) is 0 Å². The largest absolute Gasteiger partial charge is 0.481 e. The van der Waals surface area contributed by atoms with Crippen molar-refractivity contribution in [1.29, 1.82) is 0 Å². The third-order valence-corrected chi connectivity index (χ3v) is 4.02. The minimum atomic E-state index is -0.710. The second kappa shape index (κ2) is 19.7. The van der Waals surface area contributed by atoms with Crippen molar-refractivity contribution in [1.82, 2.24) is 10.6 Å². The molecular weight excluding hydrogens is 316 g/mol. The van der Waals surface area contributed by atoms with Gasteiger partial charge in [-0.2, -0.15) is 11.8 Å². The summed E-state index contributed by atoms with van der Waals surface area (Å²) < 4.78 is 10.8. The zero-order valence-corrected chi connectivity index (χ0v) is 15.3. The maximum atomic E-state index is 10.3. The Bertz CT molecular complexity index is 258. The molecular formula is C16H34N2O4S. The van der Waals surface area contributed by atoms with Gasteiger partial charge in [-0.05, 0) is 44.6 Å². The highest BCUT2D eigenvalue weighted by Crippen LogP contribution is 2.03. The van der Waals surface area contributed by atoms with Crippen molar-refractivity contribution >= 4 is 17.7 Å². The van der Waals surface area contributed by atoms with Crippen LogP contribution in [0.1, 0.15) is 32.6 Å². The molecule has 0 aliphatic carbocycles. The summed E-state index contributed by atoms with van der Waals surface area (Å²) in [4.78, 5) is 10.3. The summed E-state index contributed by atoms with van der Waals surface area (Å²) in [5.41, 5.74) is 0. The van der Waals surface area contributed by atoms with Gasteiger partial charge in [0.05, 0.1) is 26.2 Å². The van der Waals surface area contributed by atoms with E-state index in [-0.39, 0.29) is 6.42 Å². The Hall–Kier alpha value is -0.340. The smallest absolute Gasteiger partial charge is 0.304 e. The van der Waals surface area contributed by atoms with Crippen molar-refractivity contribution < 1.29 is 19.4 Å². The van der Waals surface area contributed by atoms with Gasteiger partial charge in [0.25, 0.3) is 0 Å². The predicted molar refractivity (Wildman–Crippen MR) is 96.5 cm³/mol. The van der Waals surface area contributed by atoms with Crippen LogP contribution in [-0.2, 0) is 14.3 Å². The molecule has 0 aliphatic rings.